The van der Waals surface area contributed by atoms with E-state index in [0.717, 1.165) is 32.5 Å². The van der Waals surface area contributed by atoms with Crippen LogP contribution in [0.4, 0.5) is 0 Å². The molecule has 1 aliphatic heterocycles. The van der Waals surface area contributed by atoms with Gasteiger partial charge >= 0.3 is 0 Å². The summed E-state index contributed by atoms with van der Waals surface area (Å²) in [6.45, 7) is 5.05. The van der Waals surface area contributed by atoms with E-state index in [-0.39, 0.29) is 5.92 Å². The minimum absolute atomic E-state index is 0.0176. The van der Waals surface area contributed by atoms with E-state index in [9.17, 15) is 5.26 Å². The summed E-state index contributed by atoms with van der Waals surface area (Å²) in [5.74, 6) is 0.577. The van der Waals surface area contributed by atoms with Crippen molar-refractivity contribution in [2.24, 2.45) is 5.92 Å². The molecule has 0 amide bonds. The van der Waals surface area contributed by atoms with Crippen molar-refractivity contribution in [1.29, 1.82) is 10.5 Å². The van der Waals surface area contributed by atoms with Gasteiger partial charge in [-0.25, -0.2) is 0 Å². The van der Waals surface area contributed by atoms with Crippen LogP contribution in [0.5, 0.6) is 0 Å². The Morgan fingerprint density at radius 2 is 2.00 bits per heavy atom. The standard InChI is InChI=1S/C20H24N4/c1-15-20(18-6-2-3-7-19(18)23-15)17-8-11-24(12-9-17)14-16(13-22)5-4-10-21/h2-3,6-7,16-17,23H,4-5,8-9,11-12,14H2,1H3/t16-/m1/s1. The zero-order chi connectivity index (χ0) is 16.9. The molecule has 1 fully saturated rings. The maximum atomic E-state index is 9.25. The molecule has 3 rings (SSSR count). The molecule has 0 spiro atoms. The molecule has 124 valence electrons. The summed E-state index contributed by atoms with van der Waals surface area (Å²) in [5, 5.41) is 19.3. The molecule has 4 heteroatoms. The number of para-hydroxylation sites is 1. The first-order chi connectivity index (χ1) is 11.7. The van der Waals surface area contributed by atoms with Gasteiger partial charge in [-0.15, -0.1) is 0 Å². The summed E-state index contributed by atoms with van der Waals surface area (Å²) >= 11 is 0. The van der Waals surface area contributed by atoms with Gasteiger partial charge in [0.15, 0.2) is 0 Å². The van der Waals surface area contributed by atoms with Gasteiger partial charge in [-0.05, 0) is 56.8 Å². The Kier molecular flexibility index (Phi) is 5.18. The van der Waals surface area contributed by atoms with Gasteiger partial charge in [0.1, 0.15) is 0 Å². The van der Waals surface area contributed by atoms with Crippen molar-refractivity contribution >= 4 is 10.9 Å². The lowest BCUT2D eigenvalue weighted by molar-refractivity contribution is 0.194. The van der Waals surface area contributed by atoms with E-state index in [1.807, 2.05) is 0 Å². The van der Waals surface area contributed by atoms with Crippen molar-refractivity contribution in [3.63, 3.8) is 0 Å². The van der Waals surface area contributed by atoms with Gasteiger partial charge in [-0.1, -0.05) is 18.2 Å². The van der Waals surface area contributed by atoms with Crippen LogP contribution in [0.15, 0.2) is 24.3 Å². The number of aromatic nitrogens is 1. The maximum Gasteiger partial charge on any atom is 0.0669 e. The topological polar surface area (TPSA) is 66.6 Å². The lowest BCUT2D eigenvalue weighted by Gasteiger charge is -2.33. The second kappa shape index (κ2) is 7.51. The number of hydrogen-bond acceptors (Lipinski definition) is 3. The predicted molar refractivity (Wildman–Crippen MR) is 95.4 cm³/mol. The molecule has 1 N–H and O–H groups in total. The number of rotatable bonds is 5. The molecule has 1 aromatic carbocycles. The summed E-state index contributed by atoms with van der Waals surface area (Å²) in [6.07, 6.45) is 3.44. The van der Waals surface area contributed by atoms with E-state index in [2.05, 4.69) is 53.2 Å². The second-order valence-electron chi connectivity index (χ2n) is 6.81. The first-order valence-electron chi connectivity index (χ1n) is 8.79. The number of nitriles is 2. The van der Waals surface area contributed by atoms with E-state index < -0.39 is 0 Å². The zero-order valence-electron chi connectivity index (χ0n) is 14.3. The number of nitrogens with zero attached hydrogens (tertiary/aromatic N) is 3. The summed E-state index contributed by atoms with van der Waals surface area (Å²) in [7, 11) is 0. The Balaban J connectivity index is 1.64. The van der Waals surface area contributed by atoms with Crippen LogP contribution in [0.3, 0.4) is 0 Å². The third-order valence-electron chi connectivity index (χ3n) is 5.20. The SMILES string of the molecule is Cc1[nH]c2ccccc2c1C1CCN(C[C@@H](C#N)CCC#N)CC1. The van der Waals surface area contributed by atoms with Gasteiger partial charge < -0.3 is 9.88 Å². The van der Waals surface area contributed by atoms with Crippen LogP contribution < -0.4 is 0 Å². The number of likely N-dealkylation sites (tertiary alicyclic amines) is 1. The number of aromatic amines is 1. The van der Waals surface area contributed by atoms with Crippen LogP contribution in [-0.2, 0) is 0 Å². The number of nitrogens with one attached hydrogen (secondary N) is 1. The van der Waals surface area contributed by atoms with Gasteiger partial charge in [0, 0.05) is 29.6 Å². The van der Waals surface area contributed by atoms with E-state index >= 15 is 0 Å². The average Bonchev–Trinajstić information content (AvgIpc) is 2.95. The summed E-state index contributed by atoms with van der Waals surface area (Å²) < 4.78 is 0. The maximum absolute atomic E-state index is 9.25. The summed E-state index contributed by atoms with van der Waals surface area (Å²) in [5.41, 5.74) is 4.00. The molecule has 1 aromatic heterocycles. The van der Waals surface area contributed by atoms with Crippen molar-refractivity contribution in [1.82, 2.24) is 9.88 Å². The second-order valence-corrected chi connectivity index (χ2v) is 6.81. The Labute approximate surface area is 143 Å². The molecule has 0 bridgehead atoms. The molecular weight excluding hydrogens is 296 g/mol. The molecule has 0 saturated carbocycles. The largest absolute Gasteiger partial charge is 0.358 e. The Bertz CT molecular complexity index is 769. The van der Waals surface area contributed by atoms with Gasteiger partial charge in [0.25, 0.3) is 0 Å². The van der Waals surface area contributed by atoms with Gasteiger partial charge in [-0.2, -0.15) is 10.5 Å². The fraction of sp³-hybridized carbons (Fsp3) is 0.500. The molecule has 1 atom stereocenters. The number of aryl methyl sites for hydroxylation is 1. The summed E-state index contributed by atoms with van der Waals surface area (Å²) in [6, 6.07) is 13.1. The smallest absolute Gasteiger partial charge is 0.0669 e. The van der Waals surface area contributed by atoms with E-state index in [4.69, 9.17) is 5.26 Å². The highest BCUT2D eigenvalue weighted by Gasteiger charge is 2.25. The number of hydrogen-bond donors (Lipinski definition) is 1. The lowest BCUT2D eigenvalue weighted by atomic mass is 9.87. The first-order valence-corrected chi connectivity index (χ1v) is 8.79. The third-order valence-corrected chi connectivity index (χ3v) is 5.20. The number of fused-ring (bicyclic) bond motifs is 1. The highest BCUT2D eigenvalue weighted by molar-refractivity contribution is 5.85. The number of benzene rings is 1. The molecule has 0 unspecified atom stereocenters. The van der Waals surface area contributed by atoms with Crippen LogP contribution in [0.2, 0.25) is 0 Å². The lowest BCUT2D eigenvalue weighted by Crippen LogP contribution is -2.36. The van der Waals surface area contributed by atoms with Crippen LogP contribution in [0.1, 0.15) is 42.9 Å². The molecular formula is C20H24N4. The van der Waals surface area contributed by atoms with Crippen molar-refractivity contribution < 1.29 is 0 Å². The minimum atomic E-state index is -0.0176. The highest BCUT2D eigenvalue weighted by atomic mass is 15.1. The summed E-state index contributed by atoms with van der Waals surface area (Å²) in [4.78, 5) is 5.91. The number of H-pyrrole nitrogens is 1. The minimum Gasteiger partial charge on any atom is -0.358 e. The fourth-order valence-corrected chi connectivity index (χ4v) is 3.98. The molecule has 24 heavy (non-hydrogen) atoms. The molecule has 1 aliphatic rings. The molecule has 0 radical (unpaired) electrons. The molecule has 2 heterocycles. The Hall–Kier alpha value is -2.30. The van der Waals surface area contributed by atoms with Crippen molar-refractivity contribution in [2.45, 2.75) is 38.5 Å². The van der Waals surface area contributed by atoms with Gasteiger partial charge in [0.05, 0.1) is 18.1 Å². The van der Waals surface area contributed by atoms with Crippen LogP contribution in [-0.4, -0.2) is 29.5 Å². The zero-order valence-corrected chi connectivity index (χ0v) is 14.3. The van der Waals surface area contributed by atoms with Crippen LogP contribution >= 0.6 is 0 Å². The molecule has 2 aromatic rings. The Morgan fingerprint density at radius 3 is 2.71 bits per heavy atom. The average molecular weight is 320 g/mol. The van der Waals surface area contributed by atoms with Crippen molar-refractivity contribution in [3.8, 4) is 12.1 Å². The first kappa shape index (κ1) is 16.6. The van der Waals surface area contributed by atoms with Crippen molar-refractivity contribution in [3.05, 3.63) is 35.5 Å². The monoisotopic (exact) mass is 320 g/mol. The Morgan fingerprint density at radius 1 is 1.25 bits per heavy atom. The molecule has 0 aliphatic carbocycles. The van der Waals surface area contributed by atoms with E-state index in [1.54, 1.807) is 0 Å². The third kappa shape index (κ3) is 3.45. The molecule has 1 saturated heterocycles. The predicted octanol–water partition coefficient (Wildman–Crippen LogP) is 4.10. The molecule has 4 nitrogen and oxygen atoms in total. The van der Waals surface area contributed by atoms with Gasteiger partial charge in [0.2, 0.25) is 0 Å². The van der Waals surface area contributed by atoms with Crippen LogP contribution in [0.25, 0.3) is 10.9 Å². The quantitative estimate of drug-likeness (QED) is 0.902. The van der Waals surface area contributed by atoms with Crippen molar-refractivity contribution in [2.75, 3.05) is 19.6 Å². The van der Waals surface area contributed by atoms with E-state index in [0.29, 0.717) is 18.8 Å². The normalized spacial score (nSPS) is 17.5. The van der Waals surface area contributed by atoms with Crippen LogP contribution in [0, 0.1) is 35.5 Å². The number of piperidine rings is 1. The fourth-order valence-electron chi connectivity index (χ4n) is 3.98. The van der Waals surface area contributed by atoms with E-state index in [1.165, 1.54) is 22.2 Å². The highest BCUT2D eigenvalue weighted by Crippen LogP contribution is 2.35. The van der Waals surface area contributed by atoms with Gasteiger partial charge in [-0.3, -0.25) is 0 Å².